The second kappa shape index (κ2) is 10.8. The minimum Gasteiger partial charge on any atom is -0.324 e. The van der Waals surface area contributed by atoms with Crippen LogP contribution in [-0.4, -0.2) is 15.4 Å². The summed E-state index contributed by atoms with van der Waals surface area (Å²) >= 11 is 0. The van der Waals surface area contributed by atoms with Gasteiger partial charge in [0, 0.05) is 0 Å². The van der Waals surface area contributed by atoms with Gasteiger partial charge < -0.3 is 9.79 Å². The van der Waals surface area contributed by atoms with E-state index < -0.39 is 13.3 Å². The molecule has 0 aromatic carbocycles. The molecule has 122 valence electrons. The molecular weight excluding hydrogens is 271 g/mol. The number of rotatable bonds is 12. The van der Waals surface area contributed by atoms with E-state index >= 15 is 0 Å². The lowest BCUT2D eigenvalue weighted by Gasteiger charge is -2.28. The largest absolute Gasteiger partial charge is 0.328 e. The van der Waals surface area contributed by atoms with Crippen LogP contribution >= 0.6 is 7.60 Å². The van der Waals surface area contributed by atoms with Gasteiger partial charge in [0.15, 0.2) is 0 Å². The highest BCUT2D eigenvalue weighted by atomic mass is 31.2. The topological polar surface area (TPSA) is 57.5 Å². The Bertz CT molecular complexity index is 275. The summed E-state index contributed by atoms with van der Waals surface area (Å²) in [6.45, 7) is 8.54. The first-order valence-electron chi connectivity index (χ1n) is 8.41. The quantitative estimate of drug-likeness (QED) is 0.377. The fraction of sp³-hybridized carbons (Fsp3) is 1.00. The summed E-state index contributed by atoms with van der Waals surface area (Å²) < 4.78 is 11.7. The Morgan fingerprint density at radius 2 is 1.55 bits per heavy atom. The molecule has 0 saturated heterocycles. The van der Waals surface area contributed by atoms with Gasteiger partial charge in [0.05, 0.1) is 5.66 Å². The van der Waals surface area contributed by atoms with Crippen molar-refractivity contribution in [3.8, 4) is 0 Å². The monoisotopic (exact) mass is 306 g/mol. The molecule has 0 radical (unpaired) electrons. The van der Waals surface area contributed by atoms with Crippen molar-refractivity contribution in [1.82, 2.24) is 0 Å². The molecule has 0 heterocycles. The van der Waals surface area contributed by atoms with Gasteiger partial charge in [-0.05, 0) is 24.7 Å². The SMILES string of the molecule is CCCCCC(C(C)CC(CC)CCCC)P(=O)(O)O. The minimum absolute atomic E-state index is 0.120. The molecule has 0 fully saturated rings. The van der Waals surface area contributed by atoms with Crippen LogP contribution in [-0.2, 0) is 4.57 Å². The van der Waals surface area contributed by atoms with Crippen molar-refractivity contribution in [3.63, 3.8) is 0 Å². The Hall–Kier alpha value is 0.150. The highest BCUT2D eigenvalue weighted by Gasteiger charge is 2.33. The van der Waals surface area contributed by atoms with Crippen LogP contribution in [0.25, 0.3) is 0 Å². The minimum atomic E-state index is -3.96. The second-order valence-corrected chi connectivity index (χ2v) is 8.12. The van der Waals surface area contributed by atoms with E-state index in [0.717, 1.165) is 32.1 Å². The van der Waals surface area contributed by atoms with Crippen molar-refractivity contribution >= 4 is 7.60 Å². The van der Waals surface area contributed by atoms with Crippen molar-refractivity contribution in [1.29, 1.82) is 0 Å². The summed E-state index contributed by atoms with van der Waals surface area (Å²) in [5, 5.41) is 0. The second-order valence-electron chi connectivity index (χ2n) is 6.28. The van der Waals surface area contributed by atoms with Crippen LogP contribution in [0.1, 0.15) is 85.5 Å². The molecule has 0 amide bonds. The van der Waals surface area contributed by atoms with Crippen LogP contribution in [0.5, 0.6) is 0 Å². The molecular formula is C16H35O3P. The van der Waals surface area contributed by atoms with Gasteiger partial charge in [0.2, 0.25) is 0 Å². The Labute approximate surface area is 125 Å². The van der Waals surface area contributed by atoms with Gasteiger partial charge in [0.25, 0.3) is 0 Å². The van der Waals surface area contributed by atoms with Crippen molar-refractivity contribution < 1.29 is 14.4 Å². The maximum Gasteiger partial charge on any atom is 0.328 e. The molecule has 0 aliphatic heterocycles. The highest BCUT2D eigenvalue weighted by Crippen LogP contribution is 2.49. The molecule has 0 bridgehead atoms. The summed E-state index contributed by atoms with van der Waals surface area (Å²) in [5.41, 5.74) is -0.440. The summed E-state index contributed by atoms with van der Waals surface area (Å²) in [7, 11) is -3.96. The molecule has 0 aromatic heterocycles. The average Bonchev–Trinajstić information content (AvgIpc) is 2.37. The first-order chi connectivity index (χ1) is 9.36. The highest BCUT2D eigenvalue weighted by molar-refractivity contribution is 7.52. The lowest BCUT2D eigenvalue weighted by Crippen LogP contribution is -2.21. The van der Waals surface area contributed by atoms with Gasteiger partial charge in [-0.2, -0.15) is 0 Å². The van der Waals surface area contributed by atoms with E-state index in [2.05, 4.69) is 20.8 Å². The number of hydrogen-bond acceptors (Lipinski definition) is 1. The number of unbranched alkanes of at least 4 members (excludes halogenated alkanes) is 3. The van der Waals surface area contributed by atoms with Crippen molar-refractivity contribution in [2.75, 3.05) is 0 Å². The Balaban J connectivity index is 4.52. The lowest BCUT2D eigenvalue weighted by molar-refractivity contribution is 0.291. The Morgan fingerprint density at radius 1 is 0.950 bits per heavy atom. The van der Waals surface area contributed by atoms with Crippen LogP contribution in [0.4, 0.5) is 0 Å². The molecule has 0 rings (SSSR count). The predicted octanol–water partition coefficient (Wildman–Crippen LogP) is 5.36. The first kappa shape index (κ1) is 20.1. The van der Waals surface area contributed by atoms with Crippen LogP contribution in [0, 0.1) is 11.8 Å². The zero-order valence-corrected chi connectivity index (χ0v) is 14.7. The Kier molecular flexibility index (Phi) is 10.9. The molecule has 4 heteroatoms. The normalized spacial score (nSPS) is 16.9. The lowest BCUT2D eigenvalue weighted by atomic mass is 9.86. The van der Waals surface area contributed by atoms with Crippen molar-refractivity contribution in [2.24, 2.45) is 11.8 Å². The fourth-order valence-corrected chi connectivity index (χ4v) is 4.36. The molecule has 20 heavy (non-hydrogen) atoms. The molecule has 0 aromatic rings. The molecule has 0 spiro atoms. The van der Waals surface area contributed by atoms with Gasteiger partial charge in [-0.1, -0.05) is 72.6 Å². The fourth-order valence-electron chi connectivity index (χ4n) is 3.05. The van der Waals surface area contributed by atoms with E-state index in [9.17, 15) is 14.4 Å². The molecule has 3 unspecified atom stereocenters. The van der Waals surface area contributed by atoms with E-state index in [4.69, 9.17) is 0 Å². The van der Waals surface area contributed by atoms with Gasteiger partial charge in [-0.15, -0.1) is 0 Å². The third-order valence-corrected chi connectivity index (χ3v) is 6.07. The van der Waals surface area contributed by atoms with Crippen LogP contribution in [0.15, 0.2) is 0 Å². The third kappa shape index (κ3) is 8.44. The van der Waals surface area contributed by atoms with Gasteiger partial charge in [-0.25, -0.2) is 0 Å². The maximum atomic E-state index is 11.7. The molecule has 3 atom stereocenters. The number of hydrogen-bond donors (Lipinski definition) is 2. The van der Waals surface area contributed by atoms with E-state index in [1.54, 1.807) is 0 Å². The molecule has 0 aliphatic rings. The van der Waals surface area contributed by atoms with Gasteiger partial charge in [0.1, 0.15) is 0 Å². The molecule has 3 nitrogen and oxygen atoms in total. The average molecular weight is 306 g/mol. The Morgan fingerprint density at radius 3 is 2.00 bits per heavy atom. The van der Waals surface area contributed by atoms with Gasteiger partial charge in [-0.3, -0.25) is 4.57 Å². The summed E-state index contributed by atoms with van der Waals surface area (Å²) in [4.78, 5) is 19.2. The van der Waals surface area contributed by atoms with Crippen LogP contribution in [0.3, 0.4) is 0 Å². The van der Waals surface area contributed by atoms with E-state index in [1.807, 2.05) is 6.92 Å². The summed E-state index contributed by atoms with van der Waals surface area (Å²) in [5.74, 6) is 0.736. The van der Waals surface area contributed by atoms with Crippen molar-refractivity contribution in [2.45, 2.75) is 91.1 Å². The third-order valence-electron chi connectivity index (χ3n) is 4.44. The zero-order chi connectivity index (χ0) is 15.6. The zero-order valence-electron chi connectivity index (χ0n) is 13.8. The first-order valence-corrected chi connectivity index (χ1v) is 10.1. The maximum absolute atomic E-state index is 11.7. The summed E-state index contributed by atoms with van der Waals surface area (Å²) in [6.07, 6.45) is 9.45. The molecule has 2 N–H and O–H groups in total. The van der Waals surface area contributed by atoms with Crippen LogP contribution in [0.2, 0.25) is 0 Å². The smallest absolute Gasteiger partial charge is 0.324 e. The standard InChI is InChI=1S/C16H35O3P/c1-5-8-10-12-16(20(17,18)19)14(4)13-15(7-3)11-9-6-2/h14-16H,5-13H2,1-4H3,(H2,17,18,19). The molecule has 0 aliphatic carbocycles. The van der Waals surface area contributed by atoms with E-state index in [-0.39, 0.29) is 5.92 Å². The van der Waals surface area contributed by atoms with Crippen LogP contribution < -0.4 is 0 Å². The van der Waals surface area contributed by atoms with Gasteiger partial charge >= 0.3 is 7.60 Å². The van der Waals surface area contributed by atoms with E-state index in [0.29, 0.717) is 12.3 Å². The summed E-state index contributed by atoms with van der Waals surface area (Å²) in [6, 6.07) is 0. The van der Waals surface area contributed by atoms with E-state index in [1.165, 1.54) is 19.3 Å². The predicted molar refractivity (Wildman–Crippen MR) is 87.1 cm³/mol. The van der Waals surface area contributed by atoms with Crippen molar-refractivity contribution in [3.05, 3.63) is 0 Å². The molecule has 0 saturated carbocycles.